The van der Waals surface area contributed by atoms with E-state index in [0.29, 0.717) is 5.69 Å². The SMILES string of the molecule is C[C@H]1CNCCN1C(=O)c1cn2ccccc2n1. The Morgan fingerprint density at radius 1 is 1.50 bits per heavy atom. The molecule has 3 heterocycles. The van der Waals surface area contributed by atoms with Gasteiger partial charge < -0.3 is 14.6 Å². The standard InChI is InChI=1S/C13H16N4O/c1-10-8-14-5-7-17(10)13(18)11-9-16-6-3-2-4-12(16)15-11/h2-4,6,9-10,14H,5,7-8H2,1H3/t10-/m0/s1. The van der Waals surface area contributed by atoms with Gasteiger partial charge in [-0.15, -0.1) is 0 Å². The topological polar surface area (TPSA) is 49.6 Å². The number of imidazole rings is 1. The number of nitrogens with one attached hydrogen (secondary N) is 1. The number of nitrogens with zero attached hydrogens (tertiary/aromatic N) is 3. The molecule has 3 rings (SSSR count). The van der Waals surface area contributed by atoms with Crippen molar-refractivity contribution in [3.63, 3.8) is 0 Å². The fourth-order valence-corrected chi connectivity index (χ4v) is 2.33. The van der Waals surface area contributed by atoms with Gasteiger partial charge in [-0.05, 0) is 19.1 Å². The molecule has 0 spiro atoms. The van der Waals surface area contributed by atoms with Crippen LogP contribution < -0.4 is 5.32 Å². The number of pyridine rings is 1. The van der Waals surface area contributed by atoms with Crippen LogP contribution in [0.1, 0.15) is 17.4 Å². The molecule has 18 heavy (non-hydrogen) atoms. The van der Waals surface area contributed by atoms with Gasteiger partial charge in [-0.2, -0.15) is 0 Å². The molecule has 2 aromatic rings. The van der Waals surface area contributed by atoms with E-state index >= 15 is 0 Å². The summed E-state index contributed by atoms with van der Waals surface area (Å²) in [5, 5.41) is 3.28. The van der Waals surface area contributed by atoms with Crippen molar-refractivity contribution < 1.29 is 4.79 Å². The molecule has 0 aromatic carbocycles. The number of carbonyl (C=O) groups is 1. The quantitative estimate of drug-likeness (QED) is 0.806. The lowest BCUT2D eigenvalue weighted by Gasteiger charge is -2.33. The molecule has 1 saturated heterocycles. The van der Waals surface area contributed by atoms with E-state index in [1.807, 2.05) is 33.7 Å². The molecular weight excluding hydrogens is 228 g/mol. The van der Waals surface area contributed by atoms with E-state index in [0.717, 1.165) is 25.3 Å². The molecule has 0 radical (unpaired) electrons. The van der Waals surface area contributed by atoms with E-state index in [2.05, 4.69) is 17.2 Å². The lowest BCUT2D eigenvalue weighted by Crippen LogP contribution is -2.52. The Morgan fingerprint density at radius 2 is 2.39 bits per heavy atom. The van der Waals surface area contributed by atoms with Crippen LogP contribution in [0.25, 0.3) is 5.65 Å². The molecule has 2 aromatic heterocycles. The van der Waals surface area contributed by atoms with Gasteiger partial charge in [0.1, 0.15) is 11.3 Å². The van der Waals surface area contributed by atoms with E-state index in [1.54, 1.807) is 6.20 Å². The molecule has 0 saturated carbocycles. The first-order valence-corrected chi connectivity index (χ1v) is 6.21. The highest BCUT2D eigenvalue weighted by Gasteiger charge is 2.25. The Hall–Kier alpha value is -1.88. The molecule has 1 amide bonds. The van der Waals surface area contributed by atoms with Crippen molar-refractivity contribution in [1.29, 1.82) is 0 Å². The molecule has 0 aliphatic carbocycles. The average molecular weight is 244 g/mol. The third-order valence-electron chi connectivity index (χ3n) is 3.35. The summed E-state index contributed by atoms with van der Waals surface area (Å²) in [5.41, 5.74) is 1.33. The Bertz CT molecular complexity index is 544. The monoisotopic (exact) mass is 244 g/mol. The smallest absolute Gasteiger partial charge is 0.274 e. The summed E-state index contributed by atoms with van der Waals surface area (Å²) in [6.45, 7) is 4.50. The van der Waals surface area contributed by atoms with Crippen LogP contribution in [0, 0.1) is 0 Å². The number of fused-ring (bicyclic) bond motifs is 1. The van der Waals surface area contributed by atoms with E-state index in [4.69, 9.17) is 0 Å². The van der Waals surface area contributed by atoms with Crippen LogP contribution in [0.2, 0.25) is 0 Å². The van der Waals surface area contributed by atoms with Gasteiger partial charge in [-0.1, -0.05) is 6.07 Å². The van der Waals surface area contributed by atoms with Crippen molar-refractivity contribution in [2.75, 3.05) is 19.6 Å². The van der Waals surface area contributed by atoms with E-state index in [1.165, 1.54) is 0 Å². The number of hydrogen-bond donors (Lipinski definition) is 1. The minimum atomic E-state index is 0.0210. The van der Waals surface area contributed by atoms with Crippen molar-refractivity contribution in [2.24, 2.45) is 0 Å². The number of hydrogen-bond acceptors (Lipinski definition) is 3. The highest BCUT2D eigenvalue weighted by atomic mass is 16.2. The second-order valence-corrected chi connectivity index (χ2v) is 4.64. The highest BCUT2D eigenvalue weighted by Crippen LogP contribution is 2.11. The lowest BCUT2D eigenvalue weighted by atomic mass is 10.2. The molecular formula is C13H16N4O. The van der Waals surface area contributed by atoms with Crippen molar-refractivity contribution >= 4 is 11.6 Å². The van der Waals surface area contributed by atoms with E-state index < -0.39 is 0 Å². The fraction of sp³-hybridized carbons (Fsp3) is 0.385. The molecule has 5 heteroatoms. The molecule has 0 bridgehead atoms. The summed E-state index contributed by atoms with van der Waals surface area (Å²) >= 11 is 0. The van der Waals surface area contributed by atoms with Crippen LogP contribution in [0.3, 0.4) is 0 Å². The third kappa shape index (κ3) is 1.86. The first-order chi connectivity index (χ1) is 8.75. The van der Waals surface area contributed by atoms with Gasteiger partial charge in [0.25, 0.3) is 5.91 Å². The highest BCUT2D eigenvalue weighted by molar-refractivity contribution is 5.93. The van der Waals surface area contributed by atoms with Crippen molar-refractivity contribution in [2.45, 2.75) is 13.0 Å². The zero-order valence-electron chi connectivity index (χ0n) is 10.3. The molecule has 1 aliphatic heterocycles. The number of aromatic nitrogens is 2. The van der Waals surface area contributed by atoms with E-state index in [9.17, 15) is 4.79 Å². The maximum atomic E-state index is 12.4. The van der Waals surface area contributed by atoms with Gasteiger partial charge in [-0.3, -0.25) is 4.79 Å². The molecule has 1 N–H and O–H groups in total. The van der Waals surface area contributed by atoms with Gasteiger partial charge in [0, 0.05) is 38.1 Å². The Kier molecular flexibility index (Phi) is 2.76. The van der Waals surface area contributed by atoms with Crippen molar-refractivity contribution in [3.05, 3.63) is 36.3 Å². The minimum absolute atomic E-state index is 0.0210. The number of piperazine rings is 1. The Labute approximate surface area is 105 Å². The van der Waals surface area contributed by atoms with Crippen LogP contribution in [0.15, 0.2) is 30.6 Å². The summed E-state index contributed by atoms with van der Waals surface area (Å²) in [5.74, 6) is 0.0210. The summed E-state index contributed by atoms with van der Waals surface area (Å²) in [6.07, 6.45) is 3.70. The van der Waals surface area contributed by atoms with Crippen LogP contribution in [-0.4, -0.2) is 45.9 Å². The molecule has 94 valence electrons. The Balaban J connectivity index is 1.91. The maximum Gasteiger partial charge on any atom is 0.274 e. The van der Waals surface area contributed by atoms with Crippen LogP contribution >= 0.6 is 0 Å². The van der Waals surface area contributed by atoms with Gasteiger partial charge in [0.15, 0.2) is 0 Å². The first-order valence-electron chi connectivity index (χ1n) is 6.21. The number of carbonyl (C=O) groups excluding carboxylic acids is 1. The lowest BCUT2D eigenvalue weighted by molar-refractivity contribution is 0.0650. The Morgan fingerprint density at radius 3 is 3.17 bits per heavy atom. The van der Waals surface area contributed by atoms with Crippen LogP contribution in [0.4, 0.5) is 0 Å². The molecule has 1 atom stereocenters. The summed E-state index contributed by atoms with van der Waals surface area (Å²) in [4.78, 5) is 18.7. The molecule has 1 aliphatic rings. The van der Waals surface area contributed by atoms with Crippen molar-refractivity contribution in [3.8, 4) is 0 Å². The zero-order chi connectivity index (χ0) is 12.5. The average Bonchev–Trinajstić information content (AvgIpc) is 2.82. The van der Waals surface area contributed by atoms with Gasteiger partial charge in [0.05, 0.1) is 0 Å². The van der Waals surface area contributed by atoms with Gasteiger partial charge in [0.2, 0.25) is 0 Å². The first kappa shape index (κ1) is 11.2. The van der Waals surface area contributed by atoms with Crippen LogP contribution in [-0.2, 0) is 0 Å². The second kappa shape index (κ2) is 4.42. The maximum absolute atomic E-state index is 12.4. The van der Waals surface area contributed by atoms with Gasteiger partial charge in [-0.25, -0.2) is 4.98 Å². The number of rotatable bonds is 1. The summed E-state index contributed by atoms with van der Waals surface area (Å²) in [6, 6.07) is 5.97. The predicted octanol–water partition coefficient (Wildman–Crippen LogP) is 0.768. The number of amides is 1. The third-order valence-corrected chi connectivity index (χ3v) is 3.35. The molecule has 1 fully saturated rings. The van der Waals surface area contributed by atoms with Crippen molar-refractivity contribution in [1.82, 2.24) is 19.6 Å². The summed E-state index contributed by atoms with van der Waals surface area (Å²) < 4.78 is 1.88. The molecule has 5 nitrogen and oxygen atoms in total. The summed E-state index contributed by atoms with van der Waals surface area (Å²) in [7, 11) is 0. The predicted molar refractivity (Wildman–Crippen MR) is 68.6 cm³/mol. The van der Waals surface area contributed by atoms with Gasteiger partial charge >= 0.3 is 0 Å². The minimum Gasteiger partial charge on any atom is -0.332 e. The van der Waals surface area contributed by atoms with Crippen LogP contribution in [0.5, 0.6) is 0 Å². The fourth-order valence-electron chi connectivity index (χ4n) is 2.33. The second-order valence-electron chi connectivity index (χ2n) is 4.64. The largest absolute Gasteiger partial charge is 0.332 e. The van der Waals surface area contributed by atoms with E-state index in [-0.39, 0.29) is 11.9 Å². The zero-order valence-corrected chi connectivity index (χ0v) is 10.3. The normalized spacial score (nSPS) is 20.3. The molecule has 0 unspecified atom stereocenters.